The number of anilines is 1. The summed E-state index contributed by atoms with van der Waals surface area (Å²) in [6.07, 6.45) is 3.97. The van der Waals surface area contributed by atoms with Crippen molar-refractivity contribution in [2.24, 2.45) is 5.92 Å². The summed E-state index contributed by atoms with van der Waals surface area (Å²) in [6, 6.07) is 6.43. The Hall–Kier alpha value is -0.210. The van der Waals surface area contributed by atoms with Crippen molar-refractivity contribution in [3.8, 4) is 0 Å². The molecule has 17 heavy (non-hydrogen) atoms. The van der Waals surface area contributed by atoms with E-state index in [1.165, 1.54) is 43.6 Å². The van der Waals surface area contributed by atoms with E-state index >= 15 is 0 Å². The Kier molecular flexibility index (Phi) is 4.75. The molecule has 1 unspecified atom stereocenters. The second-order valence-corrected chi connectivity index (χ2v) is 5.98. The number of halogens is 2. The average Bonchev–Trinajstić information content (AvgIpc) is 2.78. The topological polar surface area (TPSA) is 3.24 Å². The minimum absolute atomic E-state index is 0.587. The van der Waals surface area contributed by atoms with E-state index in [4.69, 9.17) is 11.6 Å². The van der Waals surface area contributed by atoms with Crippen LogP contribution < -0.4 is 4.90 Å². The molecule has 1 fully saturated rings. The SMILES string of the molecule is CCCC1CCN(c2ccc(Br)cc2CCl)C1. The number of hydrogen-bond donors (Lipinski definition) is 0. The molecule has 1 aliphatic heterocycles. The van der Waals surface area contributed by atoms with Crippen LogP contribution in [0.5, 0.6) is 0 Å². The molecule has 1 aliphatic rings. The van der Waals surface area contributed by atoms with Gasteiger partial charge in [0.05, 0.1) is 0 Å². The van der Waals surface area contributed by atoms with E-state index in [0.29, 0.717) is 5.88 Å². The second-order valence-electron chi connectivity index (χ2n) is 4.80. The van der Waals surface area contributed by atoms with Crippen LogP contribution in [0.3, 0.4) is 0 Å². The molecule has 1 heterocycles. The van der Waals surface area contributed by atoms with E-state index in [0.717, 1.165) is 10.4 Å². The summed E-state index contributed by atoms with van der Waals surface area (Å²) >= 11 is 9.54. The van der Waals surface area contributed by atoms with Crippen molar-refractivity contribution in [1.29, 1.82) is 0 Å². The van der Waals surface area contributed by atoms with E-state index in [1.807, 2.05) is 0 Å². The van der Waals surface area contributed by atoms with E-state index in [2.05, 4.69) is 46.0 Å². The van der Waals surface area contributed by atoms with Crippen LogP contribution in [0.2, 0.25) is 0 Å². The number of alkyl halides is 1. The Morgan fingerprint density at radius 1 is 1.47 bits per heavy atom. The Morgan fingerprint density at radius 2 is 2.29 bits per heavy atom. The Bertz CT molecular complexity index is 380. The maximum atomic E-state index is 6.03. The van der Waals surface area contributed by atoms with Gasteiger partial charge in [-0.05, 0) is 42.5 Å². The average molecular weight is 317 g/mol. The van der Waals surface area contributed by atoms with E-state index in [9.17, 15) is 0 Å². The van der Waals surface area contributed by atoms with Crippen molar-refractivity contribution >= 4 is 33.2 Å². The molecular formula is C14H19BrClN. The standard InChI is InChI=1S/C14H19BrClN/c1-2-3-11-6-7-17(10-11)14-5-4-13(15)8-12(14)9-16/h4-5,8,11H,2-3,6-7,9-10H2,1H3. The third-order valence-electron chi connectivity index (χ3n) is 3.51. The van der Waals surface area contributed by atoms with Crippen molar-refractivity contribution in [3.05, 3.63) is 28.2 Å². The van der Waals surface area contributed by atoms with Crippen LogP contribution in [-0.4, -0.2) is 13.1 Å². The van der Waals surface area contributed by atoms with Crippen molar-refractivity contribution in [2.75, 3.05) is 18.0 Å². The van der Waals surface area contributed by atoms with Crippen LogP contribution in [-0.2, 0) is 5.88 Å². The van der Waals surface area contributed by atoms with E-state index in [-0.39, 0.29) is 0 Å². The summed E-state index contributed by atoms with van der Waals surface area (Å²) in [4.78, 5) is 2.49. The quantitative estimate of drug-likeness (QED) is 0.720. The van der Waals surface area contributed by atoms with Gasteiger partial charge < -0.3 is 4.90 Å². The molecule has 0 N–H and O–H groups in total. The van der Waals surface area contributed by atoms with E-state index in [1.54, 1.807) is 0 Å². The fourth-order valence-corrected chi connectivity index (χ4v) is 3.29. The van der Waals surface area contributed by atoms with Gasteiger partial charge in [-0.1, -0.05) is 29.3 Å². The van der Waals surface area contributed by atoms with Crippen LogP contribution >= 0.6 is 27.5 Å². The largest absolute Gasteiger partial charge is 0.371 e. The molecule has 0 aliphatic carbocycles. The minimum Gasteiger partial charge on any atom is -0.371 e. The van der Waals surface area contributed by atoms with Gasteiger partial charge in [0, 0.05) is 29.1 Å². The predicted molar refractivity (Wildman–Crippen MR) is 78.9 cm³/mol. The van der Waals surface area contributed by atoms with Crippen LogP contribution in [0, 0.1) is 5.92 Å². The first-order chi connectivity index (χ1) is 8.24. The summed E-state index contributed by atoms with van der Waals surface area (Å²) in [5.41, 5.74) is 2.56. The highest BCUT2D eigenvalue weighted by molar-refractivity contribution is 9.10. The third-order valence-corrected chi connectivity index (χ3v) is 4.29. The van der Waals surface area contributed by atoms with Gasteiger partial charge in [-0.3, -0.25) is 0 Å². The zero-order chi connectivity index (χ0) is 12.3. The molecule has 0 saturated carbocycles. The lowest BCUT2D eigenvalue weighted by atomic mass is 10.0. The molecular weight excluding hydrogens is 298 g/mol. The number of rotatable bonds is 4. The molecule has 1 nitrogen and oxygen atoms in total. The molecule has 2 rings (SSSR count). The van der Waals surface area contributed by atoms with Gasteiger partial charge in [0.1, 0.15) is 0 Å². The van der Waals surface area contributed by atoms with Gasteiger partial charge in [0.15, 0.2) is 0 Å². The molecule has 1 atom stereocenters. The maximum Gasteiger partial charge on any atom is 0.0494 e. The number of hydrogen-bond acceptors (Lipinski definition) is 1. The molecule has 0 radical (unpaired) electrons. The van der Waals surface area contributed by atoms with E-state index < -0.39 is 0 Å². The minimum atomic E-state index is 0.587. The molecule has 0 aromatic heterocycles. The zero-order valence-corrected chi connectivity index (χ0v) is 12.6. The monoisotopic (exact) mass is 315 g/mol. The lowest BCUT2D eigenvalue weighted by molar-refractivity contribution is 0.530. The highest BCUT2D eigenvalue weighted by atomic mass is 79.9. The summed E-state index contributed by atoms with van der Waals surface area (Å²) in [5.74, 6) is 1.45. The third kappa shape index (κ3) is 3.17. The lowest BCUT2D eigenvalue weighted by Gasteiger charge is -2.21. The molecule has 0 spiro atoms. The molecule has 3 heteroatoms. The van der Waals surface area contributed by atoms with Gasteiger partial charge in [0.25, 0.3) is 0 Å². The van der Waals surface area contributed by atoms with Crippen LogP contribution in [0.1, 0.15) is 31.7 Å². The van der Waals surface area contributed by atoms with Gasteiger partial charge in [-0.2, -0.15) is 0 Å². The summed E-state index contributed by atoms with van der Waals surface area (Å²) < 4.78 is 1.11. The van der Waals surface area contributed by atoms with Crippen LogP contribution in [0.25, 0.3) is 0 Å². The van der Waals surface area contributed by atoms with Crippen molar-refractivity contribution in [2.45, 2.75) is 32.1 Å². The van der Waals surface area contributed by atoms with Gasteiger partial charge >= 0.3 is 0 Å². The second kappa shape index (κ2) is 6.10. The first kappa shape index (κ1) is 13.2. The molecule has 0 amide bonds. The first-order valence-corrected chi connectivity index (χ1v) is 7.66. The highest BCUT2D eigenvalue weighted by Gasteiger charge is 2.23. The lowest BCUT2D eigenvalue weighted by Crippen LogP contribution is -2.20. The van der Waals surface area contributed by atoms with Crippen molar-refractivity contribution < 1.29 is 0 Å². The Labute approximate surface area is 117 Å². The molecule has 94 valence electrons. The zero-order valence-electron chi connectivity index (χ0n) is 10.3. The molecule has 1 aromatic rings. The van der Waals surface area contributed by atoms with Crippen molar-refractivity contribution in [3.63, 3.8) is 0 Å². The summed E-state index contributed by atoms with van der Waals surface area (Å²) in [7, 11) is 0. The van der Waals surface area contributed by atoms with Gasteiger partial charge in [0.2, 0.25) is 0 Å². The fourth-order valence-electron chi connectivity index (χ4n) is 2.66. The molecule has 1 aromatic carbocycles. The van der Waals surface area contributed by atoms with Crippen LogP contribution in [0.4, 0.5) is 5.69 Å². The highest BCUT2D eigenvalue weighted by Crippen LogP contribution is 2.31. The Balaban J connectivity index is 2.12. The summed E-state index contributed by atoms with van der Waals surface area (Å²) in [5, 5.41) is 0. The smallest absolute Gasteiger partial charge is 0.0494 e. The van der Waals surface area contributed by atoms with Gasteiger partial charge in [-0.15, -0.1) is 11.6 Å². The first-order valence-electron chi connectivity index (χ1n) is 6.34. The Morgan fingerprint density at radius 3 is 3.00 bits per heavy atom. The fraction of sp³-hybridized carbons (Fsp3) is 0.571. The predicted octanol–water partition coefficient (Wildman–Crippen LogP) is 4.81. The molecule has 1 saturated heterocycles. The van der Waals surface area contributed by atoms with Crippen molar-refractivity contribution in [1.82, 2.24) is 0 Å². The van der Waals surface area contributed by atoms with Crippen LogP contribution in [0.15, 0.2) is 22.7 Å². The number of nitrogens with zero attached hydrogens (tertiary/aromatic N) is 1. The number of benzene rings is 1. The van der Waals surface area contributed by atoms with Gasteiger partial charge in [-0.25, -0.2) is 0 Å². The molecule has 0 bridgehead atoms. The maximum absolute atomic E-state index is 6.03. The normalized spacial score (nSPS) is 19.9. The summed E-state index contributed by atoms with van der Waals surface area (Å²) in [6.45, 7) is 4.64.